The average Bonchev–Trinajstić information content (AvgIpc) is 3.19. The Hall–Kier alpha value is -3.27. The molecule has 1 aliphatic rings. The van der Waals surface area contributed by atoms with Crippen LogP contribution in [0, 0.1) is 6.92 Å². The summed E-state index contributed by atoms with van der Waals surface area (Å²) >= 11 is 0. The van der Waals surface area contributed by atoms with Gasteiger partial charge in [-0.15, -0.1) is 0 Å². The monoisotopic (exact) mass is 373 g/mol. The van der Waals surface area contributed by atoms with E-state index in [1.54, 1.807) is 0 Å². The fraction of sp³-hybridized carbons (Fsp3) is 0.208. The Bertz CT molecular complexity index is 979. The third-order valence-corrected chi connectivity index (χ3v) is 4.93. The Balaban J connectivity index is 1.35. The maximum Gasteiger partial charge on any atom is 0.231 e. The van der Waals surface area contributed by atoms with E-state index in [1.807, 2.05) is 30.3 Å². The van der Waals surface area contributed by atoms with Crippen LogP contribution in [0.3, 0.4) is 0 Å². The number of amides is 1. The molecule has 1 N–H and O–H groups in total. The van der Waals surface area contributed by atoms with Crippen molar-refractivity contribution in [1.29, 1.82) is 0 Å². The van der Waals surface area contributed by atoms with Crippen LogP contribution in [0.4, 0.5) is 0 Å². The first-order valence-corrected chi connectivity index (χ1v) is 9.49. The van der Waals surface area contributed by atoms with Gasteiger partial charge in [0, 0.05) is 13.0 Å². The highest BCUT2D eigenvalue weighted by Crippen LogP contribution is 2.32. The highest BCUT2D eigenvalue weighted by molar-refractivity contribution is 5.77. The third-order valence-electron chi connectivity index (χ3n) is 4.93. The molecule has 0 saturated heterocycles. The summed E-state index contributed by atoms with van der Waals surface area (Å²) < 4.78 is 10.7. The molecule has 142 valence electrons. The zero-order valence-corrected chi connectivity index (χ0v) is 15.9. The SMILES string of the molecule is Cc1ccc(-c2ccccc2CNC(=O)CCc2ccc3c(c2)OCO3)cc1. The van der Waals surface area contributed by atoms with Crippen molar-refractivity contribution in [3.8, 4) is 22.6 Å². The van der Waals surface area contributed by atoms with Crippen LogP contribution in [0.25, 0.3) is 11.1 Å². The number of ether oxygens (including phenoxy) is 2. The standard InChI is InChI=1S/C24H23NO3/c1-17-6-10-19(11-7-17)21-5-3-2-4-20(21)15-25-24(26)13-9-18-8-12-22-23(14-18)28-16-27-22/h2-8,10-12,14H,9,13,15-16H2,1H3,(H,25,26). The van der Waals surface area contributed by atoms with Gasteiger partial charge in [-0.1, -0.05) is 60.2 Å². The van der Waals surface area contributed by atoms with Gasteiger partial charge in [-0.05, 0) is 47.7 Å². The molecule has 4 nitrogen and oxygen atoms in total. The molecule has 3 aromatic carbocycles. The zero-order valence-electron chi connectivity index (χ0n) is 15.9. The molecule has 1 aliphatic heterocycles. The van der Waals surface area contributed by atoms with Gasteiger partial charge in [-0.25, -0.2) is 0 Å². The summed E-state index contributed by atoms with van der Waals surface area (Å²) in [7, 11) is 0. The number of carbonyl (C=O) groups is 1. The van der Waals surface area contributed by atoms with Crippen molar-refractivity contribution in [2.45, 2.75) is 26.3 Å². The molecule has 0 aromatic heterocycles. The minimum Gasteiger partial charge on any atom is -0.454 e. The molecule has 3 aromatic rings. The molecule has 0 aliphatic carbocycles. The van der Waals surface area contributed by atoms with Crippen LogP contribution in [0.2, 0.25) is 0 Å². The molecule has 1 heterocycles. The van der Waals surface area contributed by atoms with E-state index >= 15 is 0 Å². The summed E-state index contributed by atoms with van der Waals surface area (Å²) in [6, 6.07) is 22.5. The average molecular weight is 373 g/mol. The molecule has 0 fully saturated rings. The smallest absolute Gasteiger partial charge is 0.231 e. The molecular weight excluding hydrogens is 350 g/mol. The van der Waals surface area contributed by atoms with Crippen molar-refractivity contribution in [2.24, 2.45) is 0 Å². The Labute approximate surface area is 165 Å². The Morgan fingerprint density at radius 1 is 0.964 bits per heavy atom. The van der Waals surface area contributed by atoms with Crippen LogP contribution >= 0.6 is 0 Å². The number of carbonyl (C=O) groups excluding carboxylic acids is 1. The molecule has 28 heavy (non-hydrogen) atoms. The summed E-state index contributed by atoms with van der Waals surface area (Å²) in [6.07, 6.45) is 1.11. The molecular formula is C24H23NO3. The van der Waals surface area contributed by atoms with E-state index in [0.29, 0.717) is 19.4 Å². The molecule has 0 spiro atoms. The van der Waals surface area contributed by atoms with Crippen LogP contribution in [0.15, 0.2) is 66.7 Å². The fourth-order valence-corrected chi connectivity index (χ4v) is 3.33. The van der Waals surface area contributed by atoms with Gasteiger partial charge in [0.05, 0.1) is 0 Å². The number of benzene rings is 3. The number of hydrogen-bond donors (Lipinski definition) is 1. The zero-order chi connectivity index (χ0) is 19.3. The van der Waals surface area contributed by atoms with Crippen molar-refractivity contribution in [2.75, 3.05) is 6.79 Å². The Morgan fingerprint density at radius 2 is 1.75 bits per heavy atom. The number of rotatable bonds is 6. The normalized spacial score (nSPS) is 12.0. The molecule has 4 heteroatoms. The van der Waals surface area contributed by atoms with E-state index < -0.39 is 0 Å². The highest BCUT2D eigenvalue weighted by atomic mass is 16.7. The number of fused-ring (bicyclic) bond motifs is 1. The van der Waals surface area contributed by atoms with Crippen molar-refractivity contribution in [3.05, 3.63) is 83.4 Å². The van der Waals surface area contributed by atoms with Crippen LogP contribution in [-0.2, 0) is 17.8 Å². The summed E-state index contributed by atoms with van der Waals surface area (Å²) in [5.74, 6) is 1.56. The number of aryl methyl sites for hydroxylation is 2. The predicted octanol–water partition coefficient (Wildman–Crippen LogP) is 4.64. The molecule has 0 radical (unpaired) electrons. The second kappa shape index (κ2) is 8.17. The second-order valence-corrected chi connectivity index (χ2v) is 6.99. The first kappa shape index (κ1) is 18.1. The summed E-state index contributed by atoms with van der Waals surface area (Å²) in [5, 5.41) is 3.05. The largest absolute Gasteiger partial charge is 0.454 e. The van der Waals surface area contributed by atoms with Gasteiger partial charge in [-0.3, -0.25) is 4.79 Å². The summed E-state index contributed by atoms with van der Waals surface area (Å²) in [5.41, 5.74) is 5.73. The maximum absolute atomic E-state index is 12.3. The van der Waals surface area contributed by atoms with Crippen LogP contribution < -0.4 is 14.8 Å². The van der Waals surface area contributed by atoms with E-state index in [-0.39, 0.29) is 12.7 Å². The summed E-state index contributed by atoms with van der Waals surface area (Å²) in [4.78, 5) is 12.3. The van der Waals surface area contributed by atoms with Crippen LogP contribution in [-0.4, -0.2) is 12.7 Å². The molecule has 0 atom stereocenters. The van der Waals surface area contributed by atoms with E-state index in [1.165, 1.54) is 5.56 Å². The Morgan fingerprint density at radius 3 is 2.61 bits per heavy atom. The quantitative estimate of drug-likeness (QED) is 0.685. The van der Waals surface area contributed by atoms with Gasteiger partial charge < -0.3 is 14.8 Å². The molecule has 0 unspecified atom stereocenters. The molecule has 1 amide bonds. The van der Waals surface area contributed by atoms with Crippen molar-refractivity contribution in [1.82, 2.24) is 5.32 Å². The van der Waals surface area contributed by atoms with Gasteiger partial charge in [-0.2, -0.15) is 0 Å². The van der Waals surface area contributed by atoms with Crippen LogP contribution in [0.5, 0.6) is 11.5 Å². The molecule has 0 bridgehead atoms. The van der Waals surface area contributed by atoms with Gasteiger partial charge >= 0.3 is 0 Å². The minimum absolute atomic E-state index is 0.0383. The third kappa shape index (κ3) is 4.17. The topological polar surface area (TPSA) is 47.6 Å². The van der Waals surface area contributed by atoms with Crippen molar-refractivity contribution >= 4 is 5.91 Å². The van der Waals surface area contributed by atoms with E-state index in [4.69, 9.17) is 9.47 Å². The number of hydrogen-bond acceptors (Lipinski definition) is 3. The highest BCUT2D eigenvalue weighted by Gasteiger charge is 2.14. The van der Waals surface area contributed by atoms with Crippen LogP contribution in [0.1, 0.15) is 23.1 Å². The lowest BCUT2D eigenvalue weighted by molar-refractivity contribution is -0.121. The maximum atomic E-state index is 12.3. The lowest BCUT2D eigenvalue weighted by atomic mass is 9.99. The minimum atomic E-state index is 0.0383. The summed E-state index contributed by atoms with van der Waals surface area (Å²) in [6.45, 7) is 2.86. The Kier molecular flexibility index (Phi) is 5.29. The first-order valence-electron chi connectivity index (χ1n) is 9.49. The lowest BCUT2D eigenvalue weighted by Gasteiger charge is -2.11. The van der Waals surface area contributed by atoms with Gasteiger partial charge in [0.15, 0.2) is 11.5 Å². The molecule has 4 rings (SSSR count). The predicted molar refractivity (Wildman–Crippen MR) is 109 cm³/mol. The fourth-order valence-electron chi connectivity index (χ4n) is 3.33. The van der Waals surface area contributed by atoms with E-state index in [9.17, 15) is 4.79 Å². The van der Waals surface area contributed by atoms with E-state index in [0.717, 1.165) is 33.8 Å². The molecule has 0 saturated carbocycles. The van der Waals surface area contributed by atoms with E-state index in [2.05, 4.69) is 48.6 Å². The second-order valence-electron chi connectivity index (χ2n) is 6.99. The van der Waals surface area contributed by atoms with Crippen molar-refractivity contribution in [3.63, 3.8) is 0 Å². The van der Waals surface area contributed by atoms with Gasteiger partial charge in [0.2, 0.25) is 12.7 Å². The lowest BCUT2D eigenvalue weighted by Crippen LogP contribution is -2.23. The van der Waals surface area contributed by atoms with Crippen molar-refractivity contribution < 1.29 is 14.3 Å². The van der Waals surface area contributed by atoms with Gasteiger partial charge in [0.25, 0.3) is 0 Å². The first-order chi connectivity index (χ1) is 13.7. The van der Waals surface area contributed by atoms with Gasteiger partial charge in [0.1, 0.15) is 0 Å². The number of nitrogens with one attached hydrogen (secondary N) is 1.